The molecule has 1 fully saturated rings. The van der Waals surface area contributed by atoms with Gasteiger partial charge in [-0.05, 0) is 74.2 Å². The maximum atomic E-state index is 12.5. The Bertz CT molecular complexity index is 755. The zero-order chi connectivity index (χ0) is 18.6. The van der Waals surface area contributed by atoms with E-state index < -0.39 is 10.0 Å². The van der Waals surface area contributed by atoms with Crippen molar-refractivity contribution in [3.8, 4) is 0 Å². The fourth-order valence-electron chi connectivity index (χ4n) is 4.05. The van der Waals surface area contributed by atoms with Crippen molar-refractivity contribution in [2.45, 2.75) is 62.3 Å². The maximum absolute atomic E-state index is 12.5. The van der Waals surface area contributed by atoms with Crippen molar-refractivity contribution in [2.24, 2.45) is 11.7 Å². The lowest BCUT2D eigenvalue weighted by Crippen LogP contribution is -2.41. The van der Waals surface area contributed by atoms with E-state index in [0.29, 0.717) is 12.5 Å². The Balaban J connectivity index is 0.00000261. The zero-order valence-electron chi connectivity index (χ0n) is 15.6. The van der Waals surface area contributed by atoms with E-state index in [-0.39, 0.29) is 42.2 Å². The highest BCUT2D eigenvalue weighted by Crippen LogP contribution is 2.25. The van der Waals surface area contributed by atoms with Crippen LogP contribution in [-0.2, 0) is 27.7 Å². The Morgan fingerprint density at radius 1 is 1.11 bits per heavy atom. The van der Waals surface area contributed by atoms with Gasteiger partial charge in [0.2, 0.25) is 15.9 Å². The summed E-state index contributed by atoms with van der Waals surface area (Å²) >= 11 is 0. The third-order valence-electron chi connectivity index (χ3n) is 5.58. The average Bonchev–Trinajstić information content (AvgIpc) is 3.08. The van der Waals surface area contributed by atoms with Crippen LogP contribution in [0.3, 0.4) is 0 Å². The molecule has 1 aromatic carbocycles. The van der Waals surface area contributed by atoms with Crippen LogP contribution in [-0.4, -0.2) is 33.5 Å². The number of halogens is 1. The highest BCUT2D eigenvalue weighted by molar-refractivity contribution is 7.89. The number of sulfonamides is 1. The van der Waals surface area contributed by atoms with Crippen molar-refractivity contribution in [3.05, 3.63) is 29.3 Å². The van der Waals surface area contributed by atoms with E-state index in [2.05, 4.69) is 10.0 Å². The van der Waals surface area contributed by atoms with Gasteiger partial charge in [-0.25, -0.2) is 13.1 Å². The summed E-state index contributed by atoms with van der Waals surface area (Å²) in [6, 6.07) is 5.49. The first-order chi connectivity index (χ1) is 12.5. The first-order valence-corrected chi connectivity index (χ1v) is 11.1. The van der Waals surface area contributed by atoms with Crippen molar-refractivity contribution in [3.63, 3.8) is 0 Å². The fraction of sp³-hybridized carbons (Fsp3) is 0.632. The number of aryl methyl sites for hydroxylation is 2. The predicted molar refractivity (Wildman–Crippen MR) is 108 cm³/mol. The molecule has 0 heterocycles. The Hall–Kier alpha value is -1.15. The number of rotatable bonds is 7. The summed E-state index contributed by atoms with van der Waals surface area (Å²) in [5.74, 6) is 0.217. The number of hydrogen-bond acceptors (Lipinski definition) is 4. The molecule has 0 bridgehead atoms. The van der Waals surface area contributed by atoms with E-state index >= 15 is 0 Å². The molecule has 0 saturated heterocycles. The Labute approximate surface area is 168 Å². The smallest absolute Gasteiger partial charge is 0.240 e. The van der Waals surface area contributed by atoms with E-state index in [1.807, 2.05) is 6.07 Å². The van der Waals surface area contributed by atoms with Gasteiger partial charge in [0.15, 0.2) is 0 Å². The predicted octanol–water partition coefficient (Wildman–Crippen LogP) is 1.90. The molecule has 1 aromatic rings. The molecule has 8 heteroatoms. The third kappa shape index (κ3) is 5.67. The van der Waals surface area contributed by atoms with Crippen molar-refractivity contribution in [1.29, 1.82) is 0 Å². The van der Waals surface area contributed by atoms with Crippen molar-refractivity contribution in [2.75, 3.05) is 13.1 Å². The number of fused-ring (bicyclic) bond motifs is 1. The molecule has 2 aliphatic rings. The molecular weight excluding hydrogens is 386 g/mol. The normalized spacial score (nSPS) is 22.0. The molecule has 0 spiro atoms. The molecule has 1 saturated carbocycles. The van der Waals surface area contributed by atoms with Crippen molar-refractivity contribution >= 4 is 28.3 Å². The second kappa shape index (κ2) is 9.87. The summed E-state index contributed by atoms with van der Waals surface area (Å²) in [5, 5.41) is 2.99. The lowest BCUT2D eigenvalue weighted by molar-refractivity contribution is -0.121. The van der Waals surface area contributed by atoms with E-state index in [1.165, 1.54) is 12.0 Å². The number of amides is 1. The SMILES string of the molecule is Cl.NCC1CCCC1NC(=O)CCNS(=O)(=O)c1ccc2c(c1)CCCC2. The molecular formula is C19H30ClN3O3S. The van der Waals surface area contributed by atoms with Crippen LogP contribution >= 0.6 is 12.4 Å². The molecule has 152 valence electrons. The van der Waals surface area contributed by atoms with Gasteiger partial charge in [-0.3, -0.25) is 4.79 Å². The van der Waals surface area contributed by atoms with E-state index in [9.17, 15) is 13.2 Å². The summed E-state index contributed by atoms with van der Waals surface area (Å²) in [5.41, 5.74) is 8.11. The number of nitrogens with two attached hydrogens (primary N) is 1. The van der Waals surface area contributed by atoms with Crippen LogP contribution in [0.4, 0.5) is 0 Å². The molecule has 1 amide bonds. The van der Waals surface area contributed by atoms with E-state index in [1.54, 1.807) is 12.1 Å². The average molecular weight is 416 g/mol. The first kappa shape index (κ1) is 22.1. The van der Waals surface area contributed by atoms with Gasteiger partial charge in [-0.1, -0.05) is 12.5 Å². The van der Waals surface area contributed by atoms with Gasteiger partial charge in [0.1, 0.15) is 0 Å². The van der Waals surface area contributed by atoms with Gasteiger partial charge in [-0.15, -0.1) is 12.4 Å². The number of carbonyl (C=O) groups is 1. The van der Waals surface area contributed by atoms with Crippen LogP contribution in [0.25, 0.3) is 0 Å². The number of nitrogens with one attached hydrogen (secondary N) is 2. The van der Waals surface area contributed by atoms with E-state index in [0.717, 1.165) is 44.1 Å². The quantitative estimate of drug-likeness (QED) is 0.632. The van der Waals surface area contributed by atoms with Gasteiger partial charge >= 0.3 is 0 Å². The molecule has 0 aromatic heterocycles. The maximum Gasteiger partial charge on any atom is 0.240 e. The molecule has 2 aliphatic carbocycles. The lowest BCUT2D eigenvalue weighted by atomic mass is 9.92. The summed E-state index contributed by atoms with van der Waals surface area (Å²) in [4.78, 5) is 12.4. The number of hydrogen-bond donors (Lipinski definition) is 3. The zero-order valence-corrected chi connectivity index (χ0v) is 17.2. The molecule has 3 rings (SSSR count). The molecule has 4 N–H and O–H groups in total. The summed E-state index contributed by atoms with van der Waals surface area (Å²) in [6.45, 7) is 0.682. The van der Waals surface area contributed by atoms with Gasteiger partial charge in [0.25, 0.3) is 0 Å². The van der Waals surface area contributed by atoms with Crippen molar-refractivity contribution < 1.29 is 13.2 Å². The Morgan fingerprint density at radius 3 is 2.59 bits per heavy atom. The van der Waals surface area contributed by atoms with Crippen LogP contribution < -0.4 is 15.8 Å². The second-order valence-corrected chi connectivity index (χ2v) is 9.15. The molecule has 2 atom stereocenters. The second-order valence-electron chi connectivity index (χ2n) is 7.39. The van der Waals surface area contributed by atoms with Crippen LogP contribution in [0.1, 0.15) is 49.7 Å². The number of carbonyl (C=O) groups excluding carboxylic acids is 1. The number of benzene rings is 1. The summed E-state index contributed by atoms with van der Waals surface area (Å²) < 4.78 is 27.5. The van der Waals surface area contributed by atoms with Gasteiger partial charge in [0, 0.05) is 19.0 Å². The molecule has 0 aliphatic heterocycles. The fourth-order valence-corrected chi connectivity index (χ4v) is 5.13. The third-order valence-corrected chi connectivity index (χ3v) is 7.04. The van der Waals surface area contributed by atoms with E-state index in [4.69, 9.17) is 5.73 Å². The van der Waals surface area contributed by atoms with Crippen LogP contribution in [0.5, 0.6) is 0 Å². The van der Waals surface area contributed by atoms with Gasteiger partial charge in [-0.2, -0.15) is 0 Å². The van der Waals surface area contributed by atoms with Gasteiger partial charge in [0.05, 0.1) is 4.90 Å². The van der Waals surface area contributed by atoms with Crippen LogP contribution in [0.2, 0.25) is 0 Å². The molecule has 6 nitrogen and oxygen atoms in total. The van der Waals surface area contributed by atoms with Crippen molar-refractivity contribution in [1.82, 2.24) is 10.0 Å². The molecule has 2 unspecified atom stereocenters. The Kier molecular flexibility index (Phi) is 8.09. The summed E-state index contributed by atoms with van der Waals surface area (Å²) in [7, 11) is -3.58. The van der Waals surface area contributed by atoms with Crippen LogP contribution in [0.15, 0.2) is 23.1 Å². The van der Waals surface area contributed by atoms with Gasteiger partial charge < -0.3 is 11.1 Å². The molecule has 27 heavy (non-hydrogen) atoms. The monoisotopic (exact) mass is 415 g/mol. The molecule has 0 radical (unpaired) electrons. The summed E-state index contributed by atoms with van der Waals surface area (Å²) in [6.07, 6.45) is 7.45. The topological polar surface area (TPSA) is 101 Å². The lowest BCUT2D eigenvalue weighted by Gasteiger charge is -2.19. The minimum absolute atomic E-state index is 0. The minimum atomic E-state index is -3.58. The Morgan fingerprint density at radius 2 is 1.85 bits per heavy atom. The standard InChI is InChI=1S/C19H29N3O3S.ClH/c20-13-16-6-3-7-18(16)22-19(23)10-11-21-26(24,25)17-9-8-14-4-1-2-5-15(14)12-17;/h8-9,12,16,18,21H,1-7,10-11,13,20H2,(H,22,23);1H. The largest absolute Gasteiger partial charge is 0.353 e. The van der Waals surface area contributed by atoms with Crippen LogP contribution in [0, 0.1) is 5.92 Å². The minimum Gasteiger partial charge on any atom is -0.353 e. The highest BCUT2D eigenvalue weighted by atomic mass is 35.5. The first-order valence-electron chi connectivity index (χ1n) is 9.60. The highest BCUT2D eigenvalue weighted by Gasteiger charge is 2.27.